The van der Waals surface area contributed by atoms with Gasteiger partial charge in [-0.25, -0.2) is 37.7 Å². The molecule has 0 aliphatic carbocycles. The normalized spacial score (nSPS) is 13.8. The van der Waals surface area contributed by atoms with Crippen LogP contribution in [-0.4, -0.2) is 43.0 Å². The molecule has 1 heterocycles. The van der Waals surface area contributed by atoms with Gasteiger partial charge in [0.15, 0.2) is 0 Å². The van der Waals surface area contributed by atoms with Crippen LogP contribution in [0.3, 0.4) is 0 Å². The highest BCUT2D eigenvalue weighted by Crippen LogP contribution is 2.01. The molecule has 0 aliphatic heterocycles. The molecule has 160 valence electrons. The SMILES string of the molecule is C=CC(=O)OC(C)Cn1c(=O)n(CC(C)OC(=O)C=C)c(=O)n(C(O)CC)c1=O. The maximum Gasteiger partial charge on any atom is 0.338 e. The van der Waals surface area contributed by atoms with Crippen LogP contribution in [-0.2, 0) is 32.2 Å². The fourth-order valence-corrected chi connectivity index (χ4v) is 2.48. The average molecular weight is 411 g/mol. The van der Waals surface area contributed by atoms with Gasteiger partial charge < -0.3 is 14.6 Å². The number of carbonyl (C=O) groups excluding carboxylic acids is 2. The first kappa shape index (κ1) is 23.8. The summed E-state index contributed by atoms with van der Waals surface area (Å²) in [6, 6.07) is 0. The molecule has 0 radical (unpaired) electrons. The third kappa shape index (κ3) is 5.88. The van der Waals surface area contributed by atoms with Crippen molar-refractivity contribution in [3.05, 3.63) is 56.8 Å². The number of hydrogen-bond donors (Lipinski definition) is 1. The predicted octanol–water partition coefficient (Wildman–Crippen LogP) is -0.692. The lowest BCUT2D eigenvalue weighted by Gasteiger charge is -2.20. The van der Waals surface area contributed by atoms with Crippen LogP contribution in [0.2, 0.25) is 0 Å². The number of carbonyl (C=O) groups is 2. The van der Waals surface area contributed by atoms with Crippen molar-refractivity contribution in [2.24, 2.45) is 0 Å². The maximum atomic E-state index is 12.8. The zero-order valence-electron chi connectivity index (χ0n) is 16.6. The minimum Gasteiger partial charge on any atom is -0.458 e. The zero-order valence-corrected chi connectivity index (χ0v) is 16.6. The van der Waals surface area contributed by atoms with E-state index in [-0.39, 0.29) is 19.5 Å². The Labute approximate surface area is 166 Å². The van der Waals surface area contributed by atoms with Gasteiger partial charge in [-0.2, -0.15) is 0 Å². The van der Waals surface area contributed by atoms with Crippen LogP contribution in [0.25, 0.3) is 0 Å². The van der Waals surface area contributed by atoms with E-state index >= 15 is 0 Å². The van der Waals surface area contributed by atoms with Crippen LogP contribution in [0.5, 0.6) is 0 Å². The number of aliphatic hydroxyl groups excluding tert-OH is 1. The van der Waals surface area contributed by atoms with Gasteiger partial charge in [-0.15, -0.1) is 0 Å². The van der Waals surface area contributed by atoms with Crippen molar-refractivity contribution in [2.75, 3.05) is 0 Å². The fraction of sp³-hybridized carbons (Fsp3) is 0.500. The van der Waals surface area contributed by atoms with Gasteiger partial charge in [-0.05, 0) is 20.3 Å². The highest BCUT2D eigenvalue weighted by atomic mass is 16.5. The van der Waals surface area contributed by atoms with E-state index in [2.05, 4.69) is 13.2 Å². The Bertz CT molecular complexity index is 887. The second-order valence-electron chi connectivity index (χ2n) is 6.23. The highest BCUT2D eigenvalue weighted by Gasteiger charge is 2.23. The second kappa shape index (κ2) is 10.4. The summed E-state index contributed by atoms with van der Waals surface area (Å²) in [5.74, 6) is -1.50. The standard InChI is InChI=1S/C18H25N3O8/c1-6-13(22)21-17(26)19(9-11(4)28-14(23)7-2)16(25)20(18(21)27)10-12(5)29-15(24)8-3/h7-8,11-13,22H,2-3,6,9-10H2,1,4-5H3. The fourth-order valence-electron chi connectivity index (χ4n) is 2.48. The first-order chi connectivity index (χ1) is 13.6. The first-order valence-corrected chi connectivity index (χ1v) is 8.87. The van der Waals surface area contributed by atoms with E-state index in [0.717, 1.165) is 12.2 Å². The van der Waals surface area contributed by atoms with Gasteiger partial charge in [0.1, 0.15) is 18.4 Å². The molecule has 11 nitrogen and oxygen atoms in total. The maximum absolute atomic E-state index is 12.8. The topological polar surface area (TPSA) is 139 Å². The lowest BCUT2D eigenvalue weighted by Crippen LogP contribution is -2.57. The molecule has 1 aromatic rings. The molecule has 0 spiro atoms. The Morgan fingerprint density at radius 2 is 1.31 bits per heavy atom. The van der Waals surface area contributed by atoms with Gasteiger partial charge in [0.05, 0.1) is 13.1 Å². The van der Waals surface area contributed by atoms with E-state index in [0.29, 0.717) is 13.7 Å². The Morgan fingerprint density at radius 1 is 0.931 bits per heavy atom. The quantitative estimate of drug-likeness (QED) is 0.394. The molecule has 1 aromatic heterocycles. The van der Waals surface area contributed by atoms with Gasteiger partial charge in [0, 0.05) is 12.2 Å². The van der Waals surface area contributed by atoms with E-state index in [1.807, 2.05) is 0 Å². The molecular formula is C18H25N3O8. The lowest BCUT2D eigenvalue weighted by atomic mass is 10.3. The summed E-state index contributed by atoms with van der Waals surface area (Å²) < 4.78 is 11.8. The molecule has 0 saturated heterocycles. The summed E-state index contributed by atoms with van der Waals surface area (Å²) >= 11 is 0. The number of aliphatic hydroxyl groups is 1. The summed E-state index contributed by atoms with van der Waals surface area (Å²) in [6.07, 6.45) is -1.41. The smallest absolute Gasteiger partial charge is 0.338 e. The molecular weight excluding hydrogens is 386 g/mol. The first-order valence-electron chi connectivity index (χ1n) is 8.87. The Kier molecular flexibility index (Phi) is 8.52. The van der Waals surface area contributed by atoms with E-state index in [4.69, 9.17) is 9.47 Å². The monoisotopic (exact) mass is 411 g/mol. The Morgan fingerprint density at radius 3 is 1.62 bits per heavy atom. The predicted molar refractivity (Wildman–Crippen MR) is 102 cm³/mol. The van der Waals surface area contributed by atoms with Gasteiger partial charge in [0.25, 0.3) is 0 Å². The molecule has 0 aromatic carbocycles. The van der Waals surface area contributed by atoms with Crippen LogP contribution in [0.15, 0.2) is 39.7 Å². The molecule has 0 amide bonds. The van der Waals surface area contributed by atoms with Crippen molar-refractivity contribution < 1.29 is 24.2 Å². The van der Waals surface area contributed by atoms with Crippen LogP contribution in [0.1, 0.15) is 33.4 Å². The van der Waals surface area contributed by atoms with Crippen LogP contribution >= 0.6 is 0 Å². The number of aromatic nitrogens is 3. The van der Waals surface area contributed by atoms with Gasteiger partial charge in [-0.3, -0.25) is 0 Å². The molecule has 3 atom stereocenters. The van der Waals surface area contributed by atoms with E-state index < -0.39 is 47.4 Å². The minimum absolute atomic E-state index is 0.0232. The van der Waals surface area contributed by atoms with Crippen molar-refractivity contribution in [1.29, 1.82) is 0 Å². The number of nitrogens with zero attached hydrogens (tertiary/aromatic N) is 3. The molecule has 1 rings (SSSR count). The van der Waals surface area contributed by atoms with Crippen LogP contribution in [0.4, 0.5) is 0 Å². The lowest BCUT2D eigenvalue weighted by molar-refractivity contribution is -0.143. The average Bonchev–Trinajstić information content (AvgIpc) is 2.67. The van der Waals surface area contributed by atoms with Crippen molar-refractivity contribution in [2.45, 2.75) is 58.7 Å². The molecule has 11 heteroatoms. The number of hydrogen-bond acceptors (Lipinski definition) is 8. The summed E-state index contributed by atoms with van der Waals surface area (Å²) in [6.45, 7) is 10.2. The number of ether oxygens (including phenoxy) is 2. The number of esters is 2. The minimum atomic E-state index is -1.48. The zero-order chi connectivity index (χ0) is 22.3. The van der Waals surface area contributed by atoms with E-state index in [9.17, 15) is 29.1 Å². The molecule has 1 N–H and O–H groups in total. The number of rotatable bonds is 10. The molecule has 3 unspecified atom stereocenters. The third-order valence-electron chi connectivity index (χ3n) is 3.85. The van der Waals surface area contributed by atoms with Crippen molar-refractivity contribution in [3.8, 4) is 0 Å². The molecule has 29 heavy (non-hydrogen) atoms. The van der Waals surface area contributed by atoms with Gasteiger partial charge >= 0.3 is 29.0 Å². The van der Waals surface area contributed by atoms with Crippen molar-refractivity contribution in [1.82, 2.24) is 13.7 Å². The third-order valence-corrected chi connectivity index (χ3v) is 3.85. The summed E-state index contributed by atoms with van der Waals surface area (Å²) in [4.78, 5) is 60.8. The molecule has 0 bridgehead atoms. The Hall–Kier alpha value is -3.21. The largest absolute Gasteiger partial charge is 0.458 e. The van der Waals surface area contributed by atoms with E-state index in [1.165, 1.54) is 13.8 Å². The van der Waals surface area contributed by atoms with Crippen molar-refractivity contribution in [3.63, 3.8) is 0 Å². The van der Waals surface area contributed by atoms with Gasteiger partial charge in [0.2, 0.25) is 0 Å². The highest BCUT2D eigenvalue weighted by molar-refractivity contribution is 5.81. The molecule has 0 saturated carbocycles. The Balaban J connectivity index is 3.50. The molecule has 0 fully saturated rings. The molecule has 0 aliphatic rings. The van der Waals surface area contributed by atoms with Crippen LogP contribution < -0.4 is 17.1 Å². The summed E-state index contributed by atoms with van der Waals surface area (Å²) in [7, 11) is 0. The van der Waals surface area contributed by atoms with Gasteiger partial charge in [-0.1, -0.05) is 20.1 Å². The van der Waals surface area contributed by atoms with Crippen molar-refractivity contribution >= 4 is 11.9 Å². The van der Waals surface area contributed by atoms with E-state index in [1.54, 1.807) is 6.92 Å². The summed E-state index contributed by atoms with van der Waals surface area (Å²) in [5.41, 5.74) is -3.10. The summed E-state index contributed by atoms with van der Waals surface area (Å²) in [5, 5.41) is 10.1. The second-order valence-corrected chi connectivity index (χ2v) is 6.23. The van der Waals surface area contributed by atoms with Crippen LogP contribution in [0, 0.1) is 0 Å².